The van der Waals surface area contributed by atoms with Crippen molar-refractivity contribution in [3.05, 3.63) is 52.5 Å². The Kier molecular flexibility index (Phi) is 7.96. The number of hydrogen-bond donors (Lipinski definition) is 1. The SMILES string of the molecule is O=C(CCCOc1ccc(Cl)cc1Cl)Nc1ccc(S(=O)(=O)N2CCOCC2)cc1. The van der Waals surface area contributed by atoms with Crippen LogP contribution in [0.5, 0.6) is 5.75 Å². The summed E-state index contributed by atoms with van der Waals surface area (Å²) >= 11 is 11.9. The number of rotatable bonds is 8. The van der Waals surface area contributed by atoms with Crippen LogP contribution < -0.4 is 10.1 Å². The van der Waals surface area contributed by atoms with E-state index in [2.05, 4.69) is 5.32 Å². The average Bonchev–Trinajstić information content (AvgIpc) is 2.73. The van der Waals surface area contributed by atoms with E-state index in [0.29, 0.717) is 60.8 Å². The predicted molar refractivity (Wildman–Crippen MR) is 116 cm³/mol. The molecule has 1 amide bonds. The van der Waals surface area contributed by atoms with Crippen LogP contribution in [0.2, 0.25) is 10.0 Å². The van der Waals surface area contributed by atoms with Crippen molar-refractivity contribution in [3.63, 3.8) is 0 Å². The molecule has 1 saturated heterocycles. The third-order valence-electron chi connectivity index (χ3n) is 4.45. The van der Waals surface area contributed by atoms with Crippen molar-refractivity contribution in [2.75, 3.05) is 38.2 Å². The van der Waals surface area contributed by atoms with Gasteiger partial charge in [-0.25, -0.2) is 8.42 Å². The van der Waals surface area contributed by atoms with Gasteiger partial charge < -0.3 is 14.8 Å². The molecule has 10 heteroatoms. The van der Waals surface area contributed by atoms with Gasteiger partial charge in [0, 0.05) is 30.2 Å². The number of nitrogens with one attached hydrogen (secondary N) is 1. The Morgan fingerprint density at radius 3 is 2.47 bits per heavy atom. The van der Waals surface area contributed by atoms with Gasteiger partial charge in [0.2, 0.25) is 15.9 Å². The summed E-state index contributed by atoms with van der Waals surface area (Å²) in [7, 11) is -3.55. The molecule has 1 fully saturated rings. The van der Waals surface area contributed by atoms with Gasteiger partial charge >= 0.3 is 0 Å². The molecule has 7 nitrogen and oxygen atoms in total. The summed E-state index contributed by atoms with van der Waals surface area (Å²) in [6.07, 6.45) is 0.743. The van der Waals surface area contributed by atoms with Crippen LogP contribution in [0.25, 0.3) is 0 Å². The molecule has 1 aliphatic heterocycles. The van der Waals surface area contributed by atoms with E-state index >= 15 is 0 Å². The maximum atomic E-state index is 12.6. The fourth-order valence-corrected chi connectivity index (χ4v) is 4.75. The molecule has 2 aromatic carbocycles. The number of benzene rings is 2. The second-order valence-electron chi connectivity index (χ2n) is 6.62. The van der Waals surface area contributed by atoms with E-state index in [1.807, 2.05) is 0 Å². The van der Waals surface area contributed by atoms with E-state index in [1.54, 1.807) is 30.3 Å². The first kappa shape index (κ1) is 22.8. The van der Waals surface area contributed by atoms with Crippen molar-refractivity contribution in [2.24, 2.45) is 0 Å². The number of amides is 1. The number of carbonyl (C=O) groups excluding carboxylic acids is 1. The van der Waals surface area contributed by atoms with Gasteiger partial charge in [0.15, 0.2) is 0 Å². The lowest BCUT2D eigenvalue weighted by atomic mass is 10.2. The molecule has 2 aromatic rings. The number of morpholine rings is 1. The van der Waals surface area contributed by atoms with Crippen molar-refractivity contribution >= 4 is 44.8 Å². The lowest BCUT2D eigenvalue weighted by Crippen LogP contribution is -2.40. The van der Waals surface area contributed by atoms with E-state index in [0.717, 1.165) is 0 Å². The summed E-state index contributed by atoms with van der Waals surface area (Å²) in [4.78, 5) is 12.3. The summed E-state index contributed by atoms with van der Waals surface area (Å²) in [5, 5.41) is 3.69. The Morgan fingerprint density at radius 2 is 1.80 bits per heavy atom. The summed E-state index contributed by atoms with van der Waals surface area (Å²) in [6, 6.07) is 11.1. The Morgan fingerprint density at radius 1 is 1.10 bits per heavy atom. The van der Waals surface area contributed by atoms with Crippen LogP contribution in [0.4, 0.5) is 5.69 Å². The molecule has 0 saturated carbocycles. The minimum Gasteiger partial charge on any atom is -0.492 e. The first-order valence-corrected chi connectivity index (χ1v) is 11.6. The van der Waals surface area contributed by atoms with Gasteiger partial charge in [-0.3, -0.25) is 4.79 Å². The highest BCUT2D eigenvalue weighted by Crippen LogP contribution is 2.27. The van der Waals surface area contributed by atoms with Gasteiger partial charge in [-0.15, -0.1) is 0 Å². The third-order valence-corrected chi connectivity index (χ3v) is 6.89. The highest BCUT2D eigenvalue weighted by atomic mass is 35.5. The minimum absolute atomic E-state index is 0.190. The molecule has 0 radical (unpaired) electrons. The first-order chi connectivity index (χ1) is 14.4. The minimum atomic E-state index is -3.55. The third kappa shape index (κ3) is 6.09. The topological polar surface area (TPSA) is 84.9 Å². The quantitative estimate of drug-likeness (QED) is 0.590. The zero-order chi connectivity index (χ0) is 21.6. The number of carbonyl (C=O) groups is 1. The van der Waals surface area contributed by atoms with Crippen LogP contribution in [-0.4, -0.2) is 51.5 Å². The molecule has 0 bridgehead atoms. The Bertz CT molecular complexity index is 977. The number of sulfonamides is 1. The molecule has 30 heavy (non-hydrogen) atoms. The number of hydrogen-bond acceptors (Lipinski definition) is 5. The van der Waals surface area contributed by atoms with E-state index in [-0.39, 0.29) is 17.2 Å². The molecule has 0 spiro atoms. The molecule has 1 heterocycles. The molecular weight excluding hydrogens is 451 g/mol. The second-order valence-corrected chi connectivity index (χ2v) is 9.40. The average molecular weight is 473 g/mol. The van der Waals surface area contributed by atoms with Crippen molar-refractivity contribution in [1.29, 1.82) is 0 Å². The van der Waals surface area contributed by atoms with E-state index < -0.39 is 10.0 Å². The number of halogens is 2. The van der Waals surface area contributed by atoms with Gasteiger partial charge in [0.05, 0.1) is 29.7 Å². The van der Waals surface area contributed by atoms with Crippen LogP contribution in [0.1, 0.15) is 12.8 Å². The van der Waals surface area contributed by atoms with Crippen molar-refractivity contribution in [3.8, 4) is 5.75 Å². The van der Waals surface area contributed by atoms with Gasteiger partial charge in [-0.05, 0) is 48.9 Å². The number of ether oxygens (including phenoxy) is 2. The lowest BCUT2D eigenvalue weighted by Gasteiger charge is -2.26. The smallest absolute Gasteiger partial charge is 0.243 e. The fourth-order valence-electron chi connectivity index (χ4n) is 2.88. The van der Waals surface area contributed by atoms with Crippen LogP contribution in [0.3, 0.4) is 0 Å². The van der Waals surface area contributed by atoms with E-state index in [1.165, 1.54) is 16.4 Å². The molecule has 1 aliphatic rings. The number of anilines is 1. The van der Waals surface area contributed by atoms with E-state index in [4.69, 9.17) is 32.7 Å². The van der Waals surface area contributed by atoms with Crippen LogP contribution in [0.15, 0.2) is 47.4 Å². The lowest BCUT2D eigenvalue weighted by molar-refractivity contribution is -0.116. The predicted octanol–water partition coefficient (Wildman–Crippen LogP) is 3.81. The molecule has 1 N–H and O–H groups in total. The zero-order valence-electron chi connectivity index (χ0n) is 16.1. The highest BCUT2D eigenvalue weighted by molar-refractivity contribution is 7.89. The monoisotopic (exact) mass is 472 g/mol. The molecule has 162 valence electrons. The maximum absolute atomic E-state index is 12.6. The molecule has 0 unspecified atom stereocenters. The first-order valence-electron chi connectivity index (χ1n) is 9.42. The Labute approximate surface area is 185 Å². The van der Waals surface area contributed by atoms with E-state index in [9.17, 15) is 13.2 Å². The van der Waals surface area contributed by atoms with Crippen molar-refractivity contribution in [2.45, 2.75) is 17.7 Å². The van der Waals surface area contributed by atoms with Gasteiger partial charge in [0.1, 0.15) is 5.75 Å². The largest absolute Gasteiger partial charge is 0.492 e. The summed E-state index contributed by atoms with van der Waals surface area (Å²) in [6.45, 7) is 1.78. The molecule has 3 rings (SSSR count). The van der Waals surface area contributed by atoms with Gasteiger partial charge in [0.25, 0.3) is 0 Å². The maximum Gasteiger partial charge on any atom is 0.243 e. The molecular formula is C20H22Cl2N2O5S. The Balaban J connectivity index is 1.46. The molecule has 0 atom stereocenters. The van der Waals surface area contributed by atoms with Crippen molar-refractivity contribution in [1.82, 2.24) is 4.31 Å². The van der Waals surface area contributed by atoms with Gasteiger partial charge in [-0.2, -0.15) is 4.31 Å². The molecule has 0 aliphatic carbocycles. The summed E-state index contributed by atoms with van der Waals surface area (Å²) in [5.74, 6) is 0.322. The van der Waals surface area contributed by atoms with Crippen LogP contribution in [0, 0.1) is 0 Å². The number of nitrogens with zero attached hydrogens (tertiary/aromatic N) is 1. The fraction of sp³-hybridized carbons (Fsp3) is 0.350. The van der Waals surface area contributed by atoms with Crippen LogP contribution >= 0.6 is 23.2 Å². The summed E-state index contributed by atoms with van der Waals surface area (Å²) < 4.78 is 37.4. The zero-order valence-corrected chi connectivity index (χ0v) is 18.5. The van der Waals surface area contributed by atoms with Gasteiger partial charge in [-0.1, -0.05) is 23.2 Å². The molecule has 0 aromatic heterocycles. The summed E-state index contributed by atoms with van der Waals surface area (Å²) in [5.41, 5.74) is 0.530. The standard InChI is InChI=1S/C20H22Cl2N2O5S/c21-15-3-8-19(18(22)14-15)29-11-1-2-20(25)23-16-4-6-17(7-5-16)30(26,27)24-9-12-28-13-10-24/h3-8,14H,1-2,9-13H2,(H,23,25). The Hall–Kier alpha value is -1.84. The highest BCUT2D eigenvalue weighted by Gasteiger charge is 2.26. The second kappa shape index (κ2) is 10.5. The normalized spacial score (nSPS) is 15.0. The van der Waals surface area contributed by atoms with Crippen molar-refractivity contribution < 1.29 is 22.7 Å². The van der Waals surface area contributed by atoms with Crippen LogP contribution in [-0.2, 0) is 19.6 Å².